The number of methoxy groups -OCH3 is 1. The van der Waals surface area contributed by atoms with Crippen LogP contribution in [0.15, 0.2) is 77.3 Å². The average Bonchev–Trinajstić information content (AvgIpc) is 2.68. The fraction of sp³-hybridized carbons (Fsp3) is 0.143. The van der Waals surface area contributed by atoms with E-state index in [1.807, 2.05) is 48.5 Å². The van der Waals surface area contributed by atoms with Crippen molar-refractivity contribution >= 4 is 21.6 Å². The number of benzene rings is 3. The molecule has 0 bridgehead atoms. The largest absolute Gasteiger partial charge is 0.496 e. The molecule has 126 valence electrons. The lowest BCUT2D eigenvalue weighted by atomic mass is 9.97. The van der Waals surface area contributed by atoms with Crippen LogP contribution in [0.4, 0.5) is 5.69 Å². The molecule has 0 aliphatic carbocycles. The molecule has 25 heavy (non-hydrogen) atoms. The van der Waals surface area contributed by atoms with Gasteiger partial charge >= 0.3 is 0 Å². The van der Waals surface area contributed by atoms with E-state index in [1.54, 1.807) is 7.11 Å². The predicted molar refractivity (Wildman–Crippen MR) is 103 cm³/mol. The Morgan fingerprint density at radius 2 is 1.68 bits per heavy atom. The lowest BCUT2D eigenvalue weighted by Gasteiger charge is -2.35. The Morgan fingerprint density at radius 3 is 2.48 bits per heavy atom. The Balaban J connectivity index is 1.80. The van der Waals surface area contributed by atoms with E-state index in [9.17, 15) is 0 Å². The third-order valence-electron chi connectivity index (χ3n) is 4.38. The van der Waals surface area contributed by atoms with Gasteiger partial charge in [-0.25, -0.2) is 0 Å². The maximum absolute atomic E-state index is 6.47. The number of hydrogen-bond acceptors (Lipinski definition) is 3. The van der Waals surface area contributed by atoms with Crippen LogP contribution in [0.3, 0.4) is 0 Å². The van der Waals surface area contributed by atoms with Crippen LogP contribution in [-0.2, 0) is 4.74 Å². The van der Waals surface area contributed by atoms with Crippen LogP contribution >= 0.6 is 15.9 Å². The normalized spacial score (nSPS) is 19.0. The molecule has 4 heteroatoms. The van der Waals surface area contributed by atoms with Crippen LogP contribution in [-0.4, -0.2) is 7.11 Å². The van der Waals surface area contributed by atoms with E-state index >= 15 is 0 Å². The minimum absolute atomic E-state index is 0.148. The molecule has 1 heterocycles. The molecule has 0 fully saturated rings. The van der Waals surface area contributed by atoms with Gasteiger partial charge in [0.1, 0.15) is 11.9 Å². The molecule has 0 saturated carbocycles. The second kappa shape index (κ2) is 6.90. The number of hydrogen-bond donors (Lipinski definition) is 1. The van der Waals surface area contributed by atoms with Crippen molar-refractivity contribution in [3.05, 3.63) is 94.0 Å². The molecule has 0 saturated heterocycles. The van der Waals surface area contributed by atoms with E-state index in [0.29, 0.717) is 0 Å². The molecule has 0 amide bonds. The second-order valence-electron chi connectivity index (χ2n) is 5.92. The fourth-order valence-corrected chi connectivity index (χ4v) is 3.57. The molecule has 0 unspecified atom stereocenters. The summed E-state index contributed by atoms with van der Waals surface area (Å²) in [5.74, 6) is 0.812. The first-order valence-electron chi connectivity index (χ1n) is 8.15. The first kappa shape index (κ1) is 16.2. The number of halogens is 1. The summed E-state index contributed by atoms with van der Waals surface area (Å²) < 4.78 is 13.0. The van der Waals surface area contributed by atoms with Crippen LogP contribution < -0.4 is 10.1 Å². The van der Waals surface area contributed by atoms with Gasteiger partial charge in [-0.2, -0.15) is 0 Å². The van der Waals surface area contributed by atoms with Gasteiger partial charge in [0.15, 0.2) is 6.23 Å². The fourth-order valence-electron chi connectivity index (χ4n) is 3.19. The Kier molecular flexibility index (Phi) is 4.47. The number of rotatable bonds is 3. The quantitative estimate of drug-likeness (QED) is 0.617. The molecule has 0 spiro atoms. The zero-order valence-electron chi connectivity index (χ0n) is 13.8. The number of ether oxygens (including phenoxy) is 2. The van der Waals surface area contributed by atoms with E-state index in [2.05, 4.69) is 45.5 Å². The van der Waals surface area contributed by atoms with Crippen molar-refractivity contribution in [3.63, 3.8) is 0 Å². The van der Waals surface area contributed by atoms with Crippen LogP contribution in [0, 0.1) is 0 Å². The highest BCUT2D eigenvalue weighted by atomic mass is 79.9. The monoisotopic (exact) mass is 395 g/mol. The molecule has 3 aromatic carbocycles. The van der Waals surface area contributed by atoms with Crippen LogP contribution in [0.2, 0.25) is 0 Å². The molecule has 0 aromatic heterocycles. The summed E-state index contributed by atoms with van der Waals surface area (Å²) in [5.41, 5.74) is 4.30. The summed E-state index contributed by atoms with van der Waals surface area (Å²) in [7, 11) is 1.68. The molecule has 3 nitrogen and oxygen atoms in total. The summed E-state index contributed by atoms with van der Waals surface area (Å²) in [6.45, 7) is 0. The Morgan fingerprint density at radius 1 is 0.920 bits per heavy atom. The molecule has 1 aliphatic rings. The second-order valence-corrected chi connectivity index (χ2v) is 6.84. The lowest BCUT2D eigenvalue weighted by molar-refractivity contribution is 0.0145. The van der Waals surface area contributed by atoms with Gasteiger partial charge in [0.2, 0.25) is 0 Å². The highest BCUT2D eigenvalue weighted by molar-refractivity contribution is 9.10. The molecule has 1 aliphatic heterocycles. The number of nitrogens with one attached hydrogen (secondary N) is 1. The standard InChI is InChI=1S/C21H18BrNO2/c1-24-19-10-6-5-9-16(19)21-23-18-12-11-15(22)13-17(18)20(25-21)14-7-3-2-4-8-14/h2-13,20-21,23H,1H3/t20-,21+/m0/s1. The molecular weight excluding hydrogens is 378 g/mol. The molecule has 1 N–H and O–H groups in total. The van der Waals surface area contributed by atoms with Gasteiger partial charge in [-0.3, -0.25) is 0 Å². The van der Waals surface area contributed by atoms with Gasteiger partial charge in [-0.15, -0.1) is 0 Å². The van der Waals surface area contributed by atoms with Crippen molar-refractivity contribution in [1.82, 2.24) is 0 Å². The number of anilines is 1. The SMILES string of the molecule is COc1ccccc1[C@@H]1Nc2ccc(Br)cc2[C@H](c2ccccc2)O1. The maximum Gasteiger partial charge on any atom is 0.158 e. The highest BCUT2D eigenvalue weighted by Crippen LogP contribution is 2.43. The molecule has 3 aromatic rings. The predicted octanol–water partition coefficient (Wildman–Crippen LogP) is 5.69. The molecule has 4 rings (SSSR count). The smallest absolute Gasteiger partial charge is 0.158 e. The van der Waals surface area contributed by atoms with E-state index in [4.69, 9.17) is 9.47 Å². The van der Waals surface area contributed by atoms with E-state index in [1.165, 1.54) is 0 Å². The first-order chi connectivity index (χ1) is 12.3. The average molecular weight is 396 g/mol. The lowest BCUT2D eigenvalue weighted by Crippen LogP contribution is -2.25. The van der Waals surface area contributed by atoms with Crippen LogP contribution in [0.1, 0.15) is 29.0 Å². The van der Waals surface area contributed by atoms with Gasteiger partial charge in [0.05, 0.1) is 7.11 Å². The zero-order chi connectivity index (χ0) is 17.2. The molecule has 0 radical (unpaired) electrons. The van der Waals surface area contributed by atoms with Crippen LogP contribution in [0.25, 0.3) is 0 Å². The maximum atomic E-state index is 6.47. The topological polar surface area (TPSA) is 30.5 Å². The van der Waals surface area contributed by atoms with Gasteiger partial charge in [0, 0.05) is 21.3 Å². The van der Waals surface area contributed by atoms with Gasteiger partial charge in [0.25, 0.3) is 0 Å². The first-order valence-corrected chi connectivity index (χ1v) is 8.95. The number of fused-ring (bicyclic) bond motifs is 1. The van der Waals surface area contributed by atoms with E-state index in [-0.39, 0.29) is 12.3 Å². The summed E-state index contributed by atoms with van der Waals surface area (Å²) in [5, 5.41) is 3.49. The van der Waals surface area contributed by atoms with Crippen molar-refractivity contribution < 1.29 is 9.47 Å². The van der Waals surface area contributed by atoms with E-state index in [0.717, 1.165) is 32.6 Å². The van der Waals surface area contributed by atoms with Crippen molar-refractivity contribution in [2.45, 2.75) is 12.3 Å². The van der Waals surface area contributed by atoms with Crippen LogP contribution in [0.5, 0.6) is 5.75 Å². The summed E-state index contributed by atoms with van der Waals surface area (Å²) in [6.07, 6.45) is -0.431. The summed E-state index contributed by atoms with van der Waals surface area (Å²) >= 11 is 3.57. The summed E-state index contributed by atoms with van der Waals surface area (Å²) in [6, 6.07) is 24.5. The third kappa shape index (κ3) is 3.15. The Hall–Kier alpha value is -2.30. The minimum atomic E-state index is -0.282. The van der Waals surface area contributed by atoms with Crippen molar-refractivity contribution in [2.24, 2.45) is 0 Å². The Labute approximate surface area is 155 Å². The van der Waals surface area contributed by atoms with Gasteiger partial charge in [-0.1, -0.05) is 64.5 Å². The number of para-hydroxylation sites is 1. The van der Waals surface area contributed by atoms with Gasteiger partial charge < -0.3 is 14.8 Å². The van der Waals surface area contributed by atoms with Crippen molar-refractivity contribution in [1.29, 1.82) is 0 Å². The third-order valence-corrected chi connectivity index (χ3v) is 4.87. The van der Waals surface area contributed by atoms with E-state index < -0.39 is 0 Å². The van der Waals surface area contributed by atoms with Crippen molar-refractivity contribution in [2.75, 3.05) is 12.4 Å². The molecular formula is C21H18BrNO2. The molecule has 2 atom stereocenters. The minimum Gasteiger partial charge on any atom is -0.496 e. The van der Waals surface area contributed by atoms with Gasteiger partial charge in [-0.05, 0) is 29.8 Å². The summed E-state index contributed by atoms with van der Waals surface area (Å²) in [4.78, 5) is 0. The zero-order valence-corrected chi connectivity index (χ0v) is 15.4. The Bertz CT molecular complexity index is 882. The van der Waals surface area contributed by atoms with Crippen molar-refractivity contribution in [3.8, 4) is 5.75 Å². The highest BCUT2D eigenvalue weighted by Gasteiger charge is 2.30.